The summed E-state index contributed by atoms with van der Waals surface area (Å²) in [5.74, 6) is -2.05. The summed E-state index contributed by atoms with van der Waals surface area (Å²) in [6.45, 7) is 1.72. The van der Waals surface area contributed by atoms with Gasteiger partial charge in [0.15, 0.2) is 5.60 Å². The Morgan fingerprint density at radius 1 is 0.867 bits per heavy atom. The number of amides is 1. The van der Waals surface area contributed by atoms with E-state index < -0.39 is 17.3 Å². The zero-order valence-electron chi connectivity index (χ0n) is 17.1. The van der Waals surface area contributed by atoms with Crippen LogP contribution >= 0.6 is 0 Å². The molecule has 0 radical (unpaired) electrons. The van der Waals surface area contributed by atoms with Crippen molar-refractivity contribution in [2.24, 2.45) is 5.92 Å². The summed E-state index contributed by atoms with van der Waals surface area (Å²) in [5, 5.41) is 2.99. The van der Waals surface area contributed by atoms with Gasteiger partial charge in [0, 0.05) is 19.2 Å². The molecular formula is C25H25NO4. The molecule has 0 aromatic heterocycles. The summed E-state index contributed by atoms with van der Waals surface area (Å²) < 4.78 is 5.61. The van der Waals surface area contributed by atoms with Crippen LogP contribution in [0.5, 0.6) is 0 Å². The Morgan fingerprint density at radius 2 is 1.37 bits per heavy atom. The molecule has 1 aliphatic rings. The molecule has 4 rings (SSSR count). The van der Waals surface area contributed by atoms with Crippen LogP contribution in [0.1, 0.15) is 24.5 Å². The first-order chi connectivity index (χ1) is 14.6. The third-order valence-corrected chi connectivity index (χ3v) is 5.72. The molecule has 5 nitrogen and oxygen atoms in total. The van der Waals surface area contributed by atoms with Gasteiger partial charge >= 0.3 is 0 Å². The Morgan fingerprint density at radius 3 is 1.87 bits per heavy atom. The lowest BCUT2D eigenvalue weighted by molar-refractivity contribution is -0.491. The van der Waals surface area contributed by atoms with E-state index in [-0.39, 0.29) is 5.91 Å². The predicted octanol–water partition coefficient (Wildman–Crippen LogP) is 4.90. The van der Waals surface area contributed by atoms with Gasteiger partial charge in [0.25, 0.3) is 0 Å². The molecule has 1 heterocycles. The third kappa shape index (κ3) is 3.75. The van der Waals surface area contributed by atoms with Crippen molar-refractivity contribution in [1.29, 1.82) is 0 Å². The van der Waals surface area contributed by atoms with Gasteiger partial charge in [-0.3, -0.25) is 4.79 Å². The summed E-state index contributed by atoms with van der Waals surface area (Å²) in [4.78, 5) is 25.3. The van der Waals surface area contributed by atoms with E-state index in [9.17, 15) is 4.79 Å². The van der Waals surface area contributed by atoms with Crippen LogP contribution in [0.15, 0.2) is 91.0 Å². The van der Waals surface area contributed by atoms with Gasteiger partial charge in [-0.2, -0.15) is 4.89 Å². The first kappa shape index (κ1) is 20.3. The first-order valence-electron chi connectivity index (χ1n) is 9.96. The van der Waals surface area contributed by atoms with E-state index in [1.54, 1.807) is 6.92 Å². The fourth-order valence-corrected chi connectivity index (χ4v) is 3.89. The van der Waals surface area contributed by atoms with Crippen molar-refractivity contribution < 1.29 is 19.3 Å². The van der Waals surface area contributed by atoms with Crippen molar-refractivity contribution in [1.82, 2.24) is 0 Å². The smallest absolute Gasteiger partial charge is 0.233 e. The minimum absolute atomic E-state index is 0.190. The molecule has 30 heavy (non-hydrogen) atoms. The summed E-state index contributed by atoms with van der Waals surface area (Å²) in [7, 11) is 1.52. The molecule has 2 atom stereocenters. The van der Waals surface area contributed by atoms with Gasteiger partial charge in [-0.15, -0.1) is 0 Å². The van der Waals surface area contributed by atoms with Gasteiger partial charge < -0.3 is 10.1 Å². The van der Waals surface area contributed by atoms with E-state index in [1.807, 2.05) is 91.0 Å². The molecule has 1 amide bonds. The number of nitrogens with one attached hydrogen (secondary N) is 1. The van der Waals surface area contributed by atoms with E-state index in [4.69, 9.17) is 14.5 Å². The Bertz CT molecular complexity index is 938. The summed E-state index contributed by atoms with van der Waals surface area (Å²) >= 11 is 0. The Hall–Kier alpha value is -2.99. The largest absolute Gasteiger partial charge is 0.350 e. The molecule has 1 aliphatic heterocycles. The number of hydrogen-bond donors (Lipinski definition) is 1. The van der Waals surface area contributed by atoms with Crippen molar-refractivity contribution in [3.05, 3.63) is 102 Å². The minimum atomic E-state index is -1.23. The Kier molecular flexibility index (Phi) is 5.68. The molecule has 3 aromatic rings. The summed E-state index contributed by atoms with van der Waals surface area (Å²) in [6, 6.07) is 29.0. The molecule has 1 saturated heterocycles. The maximum atomic E-state index is 13.4. The standard InChI is InChI=1S/C25H25NO4/c1-24(28-2)22(23(27)26-21-16-10-5-11-17-21)18-25(30-29-24,19-12-6-3-7-13-19)20-14-8-4-9-15-20/h3-17,22H,18H2,1-2H3,(H,26,27)/t22-,24-/m1/s1. The summed E-state index contributed by atoms with van der Waals surface area (Å²) in [6.07, 6.45) is 0.351. The number of carbonyl (C=O) groups is 1. The highest BCUT2D eigenvalue weighted by Gasteiger charge is 2.55. The van der Waals surface area contributed by atoms with Crippen LogP contribution in [0.2, 0.25) is 0 Å². The van der Waals surface area contributed by atoms with Gasteiger partial charge in [-0.1, -0.05) is 78.9 Å². The van der Waals surface area contributed by atoms with E-state index in [1.165, 1.54) is 7.11 Å². The third-order valence-electron chi connectivity index (χ3n) is 5.72. The van der Waals surface area contributed by atoms with E-state index in [2.05, 4.69) is 5.32 Å². The zero-order chi connectivity index (χ0) is 21.0. The second-order valence-electron chi connectivity index (χ2n) is 7.56. The van der Waals surface area contributed by atoms with Crippen LogP contribution in [0.25, 0.3) is 0 Å². The molecule has 0 saturated carbocycles. The maximum Gasteiger partial charge on any atom is 0.233 e. The second-order valence-corrected chi connectivity index (χ2v) is 7.56. The van der Waals surface area contributed by atoms with E-state index >= 15 is 0 Å². The van der Waals surface area contributed by atoms with Gasteiger partial charge in [0.05, 0.1) is 5.92 Å². The predicted molar refractivity (Wildman–Crippen MR) is 114 cm³/mol. The molecule has 154 valence electrons. The van der Waals surface area contributed by atoms with Crippen molar-refractivity contribution in [3.8, 4) is 0 Å². The lowest BCUT2D eigenvalue weighted by Gasteiger charge is -2.47. The number of para-hydroxylation sites is 1. The van der Waals surface area contributed by atoms with Gasteiger partial charge in [0.2, 0.25) is 11.7 Å². The molecule has 0 spiro atoms. The normalized spacial score (nSPS) is 22.9. The monoisotopic (exact) mass is 403 g/mol. The number of benzene rings is 3. The van der Waals surface area contributed by atoms with Crippen LogP contribution in [0, 0.1) is 5.92 Å². The van der Waals surface area contributed by atoms with Crippen LogP contribution in [-0.2, 0) is 24.9 Å². The summed E-state index contributed by atoms with van der Waals surface area (Å²) in [5.41, 5.74) is 1.59. The van der Waals surface area contributed by atoms with E-state index in [0.29, 0.717) is 6.42 Å². The maximum absolute atomic E-state index is 13.4. The number of carbonyl (C=O) groups excluding carboxylic acids is 1. The molecule has 1 N–H and O–H groups in total. The number of methoxy groups -OCH3 is 1. The zero-order valence-corrected chi connectivity index (χ0v) is 17.1. The number of ether oxygens (including phenoxy) is 1. The van der Waals surface area contributed by atoms with E-state index in [0.717, 1.165) is 16.8 Å². The number of rotatable bonds is 5. The van der Waals surface area contributed by atoms with Crippen molar-refractivity contribution in [2.75, 3.05) is 12.4 Å². The van der Waals surface area contributed by atoms with Crippen LogP contribution in [0.3, 0.4) is 0 Å². The van der Waals surface area contributed by atoms with Crippen molar-refractivity contribution >= 4 is 11.6 Å². The molecular weight excluding hydrogens is 378 g/mol. The topological polar surface area (TPSA) is 56.8 Å². The average molecular weight is 403 g/mol. The molecule has 3 aromatic carbocycles. The van der Waals surface area contributed by atoms with Gasteiger partial charge in [-0.05, 0) is 30.2 Å². The highest BCUT2D eigenvalue weighted by Crippen LogP contribution is 2.48. The highest BCUT2D eigenvalue weighted by molar-refractivity contribution is 5.93. The number of hydrogen-bond acceptors (Lipinski definition) is 4. The Labute approximate surface area is 176 Å². The fourth-order valence-electron chi connectivity index (χ4n) is 3.89. The van der Waals surface area contributed by atoms with Crippen molar-refractivity contribution in [3.63, 3.8) is 0 Å². The van der Waals surface area contributed by atoms with Crippen molar-refractivity contribution in [2.45, 2.75) is 24.7 Å². The van der Waals surface area contributed by atoms with Crippen LogP contribution < -0.4 is 5.32 Å². The molecule has 0 unspecified atom stereocenters. The molecule has 0 aliphatic carbocycles. The second kappa shape index (κ2) is 8.40. The minimum Gasteiger partial charge on any atom is -0.350 e. The quantitative estimate of drug-likeness (QED) is 0.616. The van der Waals surface area contributed by atoms with Crippen LogP contribution in [0.4, 0.5) is 5.69 Å². The molecule has 0 bridgehead atoms. The van der Waals surface area contributed by atoms with Gasteiger partial charge in [0.1, 0.15) is 0 Å². The average Bonchev–Trinajstić information content (AvgIpc) is 2.81. The lowest BCUT2D eigenvalue weighted by Crippen LogP contribution is -2.55. The lowest BCUT2D eigenvalue weighted by atomic mass is 9.76. The molecule has 5 heteroatoms. The number of anilines is 1. The Balaban J connectivity index is 1.75. The van der Waals surface area contributed by atoms with Gasteiger partial charge in [-0.25, -0.2) is 4.89 Å². The molecule has 1 fully saturated rings. The SMILES string of the molecule is CO[C@]1(C)OOC(c2ccccc2)(c2ccccc2)C[C@@H]1C(=O)Nc1ccccc1. The first-order valence-corrected chi connectivity index (χ1v) is 9.96. The highest BCUT2D eigenvalue weighted by atomic mass is 17.2. The van der Waals surface area contributed by atoms with Crippen LogP contribution in [-0.4, -0.2) is 18.8 Å². The fraction of sp³-hybridized carbons (Fsp3) is 0.240.